The fraction of sp³-hybridized carbons (Fsp3) is 0.429. The molecule has 0 bridgehead atoms. The number of piperazine rings is 1. The maximum Gasteiger partial charge on any atom is 0.231 e. The van der Waals surface area contributed by atoms with Crippen LogP contribution in [0.2, 0.25) is 0 Å². The largest absolute Gasteiger partial charge is 0.454 e. The molecule has 1 saturated heterocycles. The summed E-state index contributed by atoms with van der Waals surface area (Å²) >= 11 is 0. The number of ether oxygens (including phenoxy) is 2. The molecule has 2 aromatic carbocycles. The molecule has 0 aliphatic carbocycles. The Balaban J connectivity index is 1.48. The summed E-state index contributed by atoms with van der Waals surface area (Å²) in [6.45, 7) is 8.92. The fourth-order valence-electron chi connectivity index (χ4n) is 3.81. The number of hydrogen-bond donors (Lipinski definition) is 1. The smallest absolute Gasteiger partial charge is 0.231 e. The highest BCUT2D eigenvalue weighted by atomic mass is 16.7. The molecule has 4 rings (SSSR count). The molecule has 0 spiro atoms. The predicted octanol–water partition coefficient (Wildman–Crippen LogP) is 3.69. The van der Waals surface area contributed by atoms with Crippen LogP contribution in [0.15, 0.2) is 42.5 Å². The second-order valence-electron chi connectivity index (χ2n) is 7.21. The lowest BCUT2D eigenvalue weighted by Gasteiger charge is -2.35. The second kappa shape index (κ2) is 7.06. The van der Waals surface area contributed by atoms with E-state index in [1.807, 2.05) is 6.07 Å². The van der Waals surface area contributed by atoms with Crippen LogP contribution >= 0.6 is 0 Å². The maximum atomic E-state index is 5.51. The van der Waals surface area contributed by atoms with E-state index in [0.29, 0.717) is 18.8 Å². The monoisotopic (exact) mass is 338 g/mol. The van der Waals surface area contributed by atoms with Crippen LogP contribution in [0.3, 0.4) is 0 Å². The van der Waals surface area contributed by atoms with E-state index in [4.69, 9.17) is 9.47 Å². The molecule has 2 aliphatic rings. The van der Waals surface area contributed by atoms with Gasteiger partial charge in [0.05, 0.1) is 0 Å². The van der Waals surface area contributed by atoms with E-state index in [1.54, 1.807) is 0 Å². The van der Waals surface area contributed by atoms with Crippen LogP contribution in [0.5, 0.6) is 11.5 Å². The fourth-order valence-corrected chi connectivity index (χ4v) is 3.81. The molecule has 2 aliphatic heterocycles. The van der Waals surface area contributed by atoms with Gasteiger partial charge in [-0.2, -0.15) is 0 Å². The number of fused-ring (bicyclic) bond motifs is 1. The van der Waals surface area contributed by atoms with Gasteiger partial charge in [0.25, 0.3) is 0 Å². The molecular formula is C21H26N2O2. The van der Waals surface area contributed by atoms with Crippen molar-refractivity contribution in [1.29, 1.82) is 0 Å². The van der Waals surface area contributed by atoms with E-state index in [-0.39, 0.29) is 0 Å². The lowest BCUT2D eigenvalue weighted by Crippen LogP contribution is -2.45. The second-order valence-corrected chi connectivity index (χ2v) is 7.21. The minimum atomic E-state index is 0.334. The molecule has 132 valence electrons. The third kappa shape index (κ3) is 3.51. The van der Waals surface area contributed by atoms with Gasteiger partial charge >= 0.3 is 0 Å². The van der Waals surface area contributed by atoms with E-state index in [1.165, 1.54) is 16.7 Å². The number of nitrogens with one attached hydrogen (secondary N) is 1. The summed E-state index contributed by atoms with van der Waals surface area (Å²) in [4.78, 5) is 2.52. The Hall–Kier alpha value is -2.04. The first-order chi connectivity index (χ1) is 12.2. The summed E-state index contributed by atoms with van der Waals surface area (Å²) in [6.07, 6.45) is 0. The molecule has 0 aromatic heterocycles. The molecule has 1 atom stereocenters. The molecule has 4 nitrogen and oxygen atoms in total. The van der Waals surface area contributed by atoms with Gasteiger partial charge in [-0.15, -0.1) is 0 Å². The molecule has 1 N–H and O–H groups in total. The Labute approximate surface area is 149 Å². The zero-order valence-electron chi connectivity index (χ0n) is 15.0. The highest BCUT2D eigenvalue weighted by Crippen LogP contribution is 2.33. The van der Waals surface area contributed by atoms with E-state index in [0.717, 1.165) is 37.7 Å². The van der Waals surface area contributed by atoms with E-state index in [9.17, 15) is 0 Å². The van der Waals surface area contributed by atoms with Gasteiger partial charge in [0.2, 0.25) is 6.79 Å². The Kier molecular flexibility index (Phi) is 4.64. The Morgan fingerprint density at radius 3 is 2.84 bits per heavy atom. The summed E-state index contributed by atoms with van der Waals surface area (Å²) < 4.78 is 10.9. The minimum Gasteiger partial charge on any atom is -0.454 e. The van der Waals surface area contributed by atoms with Gasteiger partial charge in [0.15, 0.2) is 11.5 Å². The Bertz CT molecular complexity index is 744. The highest BCUT2D eigenvalue weighted by molar-refractivity contribution is 5.44. The summed E-state index contributed by atoms with van der Waals surface area (Å²) in [5.74, 6) is 2.27. The molecule has 2 aromatic rings. The standard InChI is InChI=1S/C21H26N2O2/c1-15(2)17-5-3-4-6-18(17)19-13-23(10-9-22-19)12-16-7-8-20-21(11-16)25-14-24-20/h3-8,11,15,19,22H,9-10,12-14H2,1-2H3. The van der Waals surface area contributed by atoms with Gasteiger partial charge in [-0.3, -0.25) is 4.90 Å². The van der Waals surface area contributed by atoms with Crippen LogP contribution in [0, 0.1) is 0 Å². The number of nitrogens with zero attached hydrogens (tertiary/aromatic N) is 1. The average Bonchev–Trinajstić information content (AvgIpc) is 3.10. The highest BCUT2D eigenvalue weighted by Gasteiger charge is 2.24. The van der Waals surface area contributed by atoms with Crippen molar-refractivity contribution < 1.29 is 9.47 Å². The average molecular weight is 338 g/mol. The third-order valence-electron chi connectivity index (χ3n) is 5.10. The molecular weight excluding hydrogens is 312 g/mol. The van der Waals surface area contributed by atoms with Crippen LogP contribution in [0.25, 0.3) is 0 Å². The van der Waals surface area contributed by atoms with Crippen molar-refractivity contribution in [2.45, 2.75) is 32.4 Å². The maximum absolute atomic E-state index is 5.51. The summed E-state index contributed by atoms with van der Waals surface area (Å²) in [7, 11) is 0. The molecule has 0 radical (unpaired) electrons. The van der Waals surface area contributed by atoms with E-state index in [2.05, 4.69) is 60.5 Å². The summed E-state index contributed by atoms with van der Waals surface area (Å²) in [6, 6.07) is 15.5. The summed E-state index contributed by atoms with van der Waals surface area (Å²) in [5.41, 5.74) is 4.17. The molecule has 1 unspecified atom stereocenters. The first-order valence-corrected chi connectivity index (χ1v) is 9.14. The molecule has 4 heteroatoms. The van der Waals surface area contributed by atoms with Gasteiger partial charge in [-0.1, -0.05) is 44.2 Å². The SMILES string of the molecule is CC(C)c1ccccc1C1CN(Cc2ccc3c(c2)OCO3)CCN1. The zero-order chi connectivity index (χ0) is 17.2. The van der Waals surface area contributed by atoms with Crippen molar-refractivity contribution in [2.75, 3.05) is 26.4 Å². The topological polar surface area (TPSA) is 33.7 Å². The molecule has 1 fully saturated rings. The van der Waals surface area contributed by atoms with Crippen LogP contribution in [-0.2, 0) is 6.54 Å². The van der Waals surface area contributed by atoms with Crippen molar-refractivity contribution in [2.24, 2.45) is 0 Å². The Morgan fingerprint density at radius 1 is 1.12 bits per heavy atom. The van der Waals surface area contributed by atoms with Crippen LogP contribution < -0.4 is 14.8 Å². The van der Waals surface area contributed by atoms with Gasteiger partial charge in [0.1, 0.15) is 0 Å². The quantitative estimate of drug-likeness (QED) is 0.922. The predicted molar refractivity (Wildman–Crippen MR) is 99.1 cm³/mol. The van der Waals surface area contributed by atoms with Crippen molar-refractivity contribution in [3.8, 4) is 11.5 Å². The van der Waals surface area contributed by atoms with Crippen LogP contribution in [-0.4, -0.2) is 31.3 Å². The van der Waals surface area contributed by atoms with Crippen molar-refractivity contribution in [1.82, 2.24) is 10.2 Å². The Morgan fingerprint density at radius 2 is 1.96 bits per heavy atom. The summed E-state index contributed by atoms with van der Waals surface area (Å²) in [5, 5.41) is 3.70. The number of rotatable bonds is 4. The number of benzene rings is 2. The number of hydrogen-bond acceptors (Lipinski definition) is 4. The van der Waals surface area contributed by atoms with Crippen molar-refractivity contribution >= 4 is 0 Å². The molecule has 0 amide bonds. The molecule has 25 heavy (non-hydrogen) atoms. The van der Waals surface area contributed by atoms with Crippen LogP contribution in [0.4, 0.5) is 0 Å². The first kappa shape index (κ1) is 16.4. The lowest BCUT2D eigenvalue weighted by molar-refractivity contribution is 0.173. The van der Waals surface area contributed by atoms with Gasteiger partial charge in [0, 0.05) is 32.2 Å². The molecule has 0 saturated carbocycles. The van der Waals surface area contributed by atoms with Gasteiger partial charge in [-0.25, -0.2) is 0 Å². The van der Waals surface area contributed by atoms with Gasteiger partial charge < -0.3 is 14.8 Å². The van der Waals surface area contributed by atoms with E-state index < -0.39 is 0 Å². The lowest BCUT2D eigenvalue weighted by atomic mass is 9.92. The zero-order valence-corrected chi connectivity index (χ0v) is 15.0. The van der Waals surface area contributed by atoms with Crippen molar-refractivity contribution in [3.05, 3.63) is 59.2 Å². The minimum absolute atomic E-state index is 0.334. The van der Waals surface area contributed by atoms with Crippen LogP contribution in [0.1, 0.15) is 42.5 Å². The third-order valence-corrected chi connectivity index (χ3v) is 5.10. The van der Waals surface area contributed by atoms with E-state index >= 15 is 0 Å². The molecule has 2 heterocycles. The normalized spacial score (nSPS) is 20.2. The first-order valence-electron chi connectivity index (χ1n) is 9.14. The van der Waals surface area contributed by atoms with Gasteiger partial charge in [-0.05, 0) is 34.7 Å². The van der Waals surface area contributed by atoms with Crippen molar-refractivity contribution in [3.63, 3.8) is 0 Å².